The molecule has 2 aromatic rings. The Morgan fingerprint density at radius 3 is 2.10 bits per heavy atom. The monoisotopic (exact) mass is 289 g/mol. The fraction of sp³-hybridized carbons (Fsp3) is 0.200. The number of hydrogen-bond donors (Lipinski definition) is 2. The molecule has 0 amide bonds. The van der Waals surface area contributed by atoms with Gasteiger partial charge in [-0.15, -0.1) is 0 Å². The molecule has 6 heteroatoms. The van der Waals surface area contributed by atoms with E-state index in [2.05, 4.69) is 0 Å². The first kappa shape index (κ1) is 15.0. The predicted molar refractivity (Wildman–Crippen MR) is 75.7 cm³/mol. The lowest BCUT2D eigenvalue weighted by atomic mass is 10.1. The molecule has 0 aliphatic carbocycles. The summed E-state index contributed by atoms with van der Waals surface area (Å²) in [4.78, 5) is 10.5. The van der Waals surface area contributed by atoms with E-state index in [4.69, 9.17) is 14.9 Å². The highest BCUT2D eigenvalue weighted by Gasteiger charge is 2.15. The van der Waals surface area contributed by atoms with E-state index in [0.717, 1.165) is 11.1 Å². The van der Waals surface area contributed by atoms with Crippen molar-refractivity contribution in [3.05, 3.63) is 69.3 Å². The summed E-state index contributed by atoms with van der Waals surface area (Å²) in [6.45, 7) is -0.107. The summed E-state index contributed by atoms with van der Waals surface area (Å²) >= 11 is 0. The van der Waals surface area contributed by atoms with Crippen molar-refractivity contribution < 1.29 is 19.9 Å². The summed E-state index contributed by atoms with van der Waals surface area (Å²) in [5.41, 5.74) is 1.92. The first-order valence-electron chi connectivity index (χ1n) is 6.33. The van der Waals surface area contributed by atoms with Gasteiger partial charge >= 0.3 is 5.69 Å². The lowest BCUT2D eigenvalue weighted by molar-refractivity contribution is -0.386. The average molecular weight is 289 g/mol. The molecule has 6 nitrogen and oxygen atoms in total. The number of hydrogen-bond acceptors (Lipinski definition) is 5. The molecule has 0 radical (unpaired) electrons. The number of benzene rings is 2. The SMILES string of the molecule is O=[N+]([O-])c1cc(CO)ccc1OCc1ccc(CO)cc1. The summed E-state index contributed by atoms with van der Waals surface area (Å²) in [5.74, 6) is 0.156. The van der Waals surface area contributed by atoms with Crippen LogP contribution in [0, 0.1) is 10.1 Å². The minimum atomic E-state index is -0.538. The third-order valence-electron chi connectivity index (χ3n) is 3.00. The molecule has 2 N–H and O–H groups in total. The highest BCUT2D eigenvalue weighted by atomic mass is 16.6. The van der Waals surface area contributed by atoms with Gasteiger partial charge in [0.25, 0.3) is 0 Å². The quantitative estimate of drug-likeness (QED) is 0.628. The number of aliphatic hydroxyl groups excluding tert-OH is 2. The van der Waals surface area contributed by atoms with Crippen LogP contribution in [0.1, 0.15) is 16.7 Å². The Balaban J connectivity index is 2.13. The minimum absolute atomic E-state index is 0.0325. The van der Waals surface area contributed by atoms with Crippen molar-refractivity contribution >= 4 is 5.69 Å². The van der Waals surface area contributed by atoms with Gasteiger partial charge in [0.15, 0.2) is 5.75 Å². The van der Waals surface area contributed by atoms with Crippen LogP contribution in [-0.4, -0.2) is 15.1 Å². The van der Waals surface area contributed by atoms with Crippen LogP contribution < -0.4 is 4.74 Å². The van der Waals surface area contributed by atoms with Crippen molar-refractivity contribution in [2.75, 3.05) is 0 Å². The standard InChI is InChI=1S/C15H15NO5/c17-8-11-1-3-12(4-2-11)10-21-15-6-5-13(9-18)7-14(15)16(19)20/h1-7,17-18H,8-10H2. The first-order chi connectivity index (χ1) is 10.1. The van der Waals surface area contributed by atoms with Crippen LogP contribution in [-0.2, 0) is 19.8 Å². The molecule has 0 atom stereocenters. The molecule has 21 heavy (non-hydrogen) atoms. The Labute approximate surface area is 121 Å². The van der Waals surface area contributed by atoms with Gasteiger partial charge in [0.1, 0.15) is 6.61 Å². The number of aliphatic hydroxyl groups is 2. The molecular formula is C15H15NO5. The maximum atomic E-state index is 11.0. The Hall–Kier alpha value is -2.44. The van der Waals surface area contributed by atoms with Crippen LogP contribution in [0.3, 0.4) is 0 Å². The van der Waals surface area contributed by atoms with Gasteiger partial charge in [-0.2, -0.15) is 0 Å². The second-order valence-corrected chi connectivity index (χ2v) is 4.48. The zero-order valence-corrected chi connectivity index (χ0v) is 11.2. The lowest BCUT2D eigenvalue weighted by Gasteiger charge is -2.08. The van der Waals surface area contributed by atoms with E-state index in [0.29, 0.717) is 5.56 Å². The van der Waals surface area contributed by atoms with E-state index in [1.54, 1.807) is 30.3 Å². The number of nitrogens with zero attached hydrogens (tertiary/aromatic N) is 1. The molecule has 0 aromatic heterocycles. The Morgan fingerprint density at radius 2 is 1.52 bits per heavy atom. The maximum absolute atomic E-state index is 11.0. The number of ether oxygens (including phenoxy) is 1. The average Bonchev–Trinajstić information content (AvgIpc) is 2.53. The highest BCUT2D eigenvalue weighted by molar-refractivity contribution is 5.48. The van der Waals surface area contributed by atoms with Crippen LogP contribution in [0.25, 0.3) is 0 Å². The molecule has 0 aliphatic rings. The van der Waals surface area contributed by atoms with E-state index in [1.807, 2.05) is 0 Å². The topological polar surface area (TPSA) is 92.8 Å². The van der Waals surface area contributed by atoms with Crippen molar-refractivity contribution in [2.24, 2.45) is 0 Å². The summed E-state index contributed by atoms with van der Waals surface area (Å²) < 4.78 is 5.47. The second kappa shape index (κ2) is 6.83. The van der Waals surface area contributed by atoms with Gasteiger partial charge in [0, 0.05) is 6.07 Å². The highest BCUT2D eigenvalue weighted by Crippen LogP contribution is 2.28. The van der Waals surface area contributed by atoms with E-state index < -0.39 is 4.92 Å². The zero-order valence-electron chi connectivity index (χ0n) is 11.2. The van der Waals surface area contributed by atoms with Crippen molar-refractivity contribution in [1.82, 2.24) is 0 Å². The normalized spacial score (nSPS) is 10.4. The van der Waals surface area contributed by atoms with Crippen LogP contribution in [0.15, 0.2) is 42.5 Å². The van der Waals surface area contributed by atoms with Gasteiger partial charge in [0.2, 0.25) is 0 Å². The summed E-state index contributed by atoms with van der Waals surface area (Å²) in [7, 11) is 0. The summed E-state index contributed by atoms with van der Waals surface area (Å²) in [6.07, 6.45) is 0. The van der Waals surface area contributed by atoms with Crippen LogP contribution in [0.5, 0.6) is 5.75 Å². The molecule has 110 valence electrons. The Morgan fingerprint density at radius 1 is 0.952 bits per heavy atom. The van der Waals surface area contributed by atoms with Crippen LogP contribution >= 0.6 is 0 Å². The summed E-state index contributed by atoms with van der Waals surface area (Å²) in [5, 5.41) is 29.0. The molecule has 0 fully saturated rings. The number of nitro groups is 1. The molecular weight excluding hydrogens is 274 g/mol. The van der Waals surface area contributed by atoms with Crippen LogP contribution in [0.2, 0.25) is 0 Å². The van der Waals surface area contributed by atoms with Gasteiger partial charge in [-0.05, 0) is 22.8 Å². The molecule has 2 aromatic carbocycles. The van der Waals surface area contributed by atoms with E-state index >= 15 is 0 Å². The second-order valence-electron chi connectivity index (χ2n) is 4.48. The molecule has 0 aliphatic heterocycles. The fourth-order valence-corrected chi connectivity index (χ4v) is 1.83. The molecule has 0 unspecified atom stereocenters. The zero-order chi connectivity index (χ0) is 15.2. The Kier molecular flexibility index (Phi) is 4.86. The van der Waals surface area contributed by atoms with Gasteiger partial charge < -0.3 is 14.9 Å². The van der Waals surface area contributed by atoms with E-state index in [9.17, 15) is 10.1 Å². The first-order valence-corrected chi connectivity index (χ1v) is 6.33. The summed E-state index contributed by atoms with van der Waals surface area (Å²) in [6, 6.07) is 11.5. The molecule has 2 rings (SSSR count). The largest absolute Gasteiger partial charge is 0.482 e. The smallest absolute Gasteiger partial charge is 0.311 e. The number of nitro benzene ring substituents is 1. The van der Waals surface area contributed by atoms with E-state index in [-0.39, 0.29) is 31.3 Å². The van der Waals surface area contributed by atoms with Crippen molar-refractivity contribution in [1.29, 1.82) is 0 Å². The van der Waals surface area contributed by atoms with Crippen molar-refractivity contribution in [2.45, 2.75) is 19.8 Å². The maximum Gasteiger partial charge on any atom is 0.311 e. The predicted octanol–water partition coefficient (Wildman–Crippen LogP) is 2.16. The van der Waals surface area contributed by atoms with Crippen molar-refractivity contribution in [3.63, 3.8) is 0 Å². The Bertz CT molecular complexity index is 624. The number of rotatable bonds is 6. The molecule has 0 spiro atoms. The van der Waals surface area contributed by atoms with Gasteiger partial charge in [0.05, 0.1) is 18.1 Å². The molecule has 0 bridgehead atoms. The van der Waals surface area contributed by atoms with Gasteiger partial charge in [-0.25, -0.2) is 0 Å². The van der Waals surface area contributed by atoms with Gasteiger partial charge in [-0.1, -0.05) is 30.3 Å². The van der Waals surface area contributed by atoms with Crippen molar-refractivity contribution in [3.8, 4) is 5.75 Å². The molecule has 0 saturated carbocycles. The third kappa shape index (κ3) is 3.77. The molecule has 0 saturated heterocycles. The van der Waals surface area contributed by atoms with Crippen LogP contribution in [0.4, 0.5) is 5.69 Å². The molecule has 0 heterocycles. The van der Waals surface area contributed by atoms with Gasteiger partial charge in [-0.3, -0.25) is 10.1 Å². The minimum Gasteiger partial charge on any atom is -0.482 e. The fourth-order valence-electron chi connectivity index (χ4n) is 1.83. The third-order valence-corrected chi connectivity index (χ3v) is 3.00. The lowest BCUT2D eigenvalue weighted by Crippen LogP contribution is -2.00. The van der Waals surface area contributed by atoms with E-state index in [1.165, 1.54) is 12.1 Å².